The summed E-state index contributed by atoms with van der Waals surface area (Å²) < 4.78 is 10.6. The first kappa shape index (κ1) is 15.6. The molecule has 1 aromatic heterocycles. The number of Topliss-reactive ketones (excluding diaryl/α,β-unsaturated/α-hetero) is 1. The summed E-state index contributed by atoms with van der Waals surface area (Å²) >= 11 is 1.40. The number of carbonyl (C=O) groups is 2. The molecule has 0 spiro atoms. The first-order valence-electron chi connectivity index (χ1n) is 7.32. The predicted octanol–water partition coefficient (Wildman–Crippen LogP) is 3.10. The summed E-state index contributed by atoms with van der Waals surface area (Å²) in [5.74, 6) is 1.40. The van der Waals surface area contributed by atoms with Crippen LogP contribution in [-0.4, -0.2) is 30.4 Å². The van der Waals surface area contributed by atoms with Gasteiger partial charge in [-0.3, -0.25) is 9.59 Å². The number of hydrogen-bond acceptors (Lipinski definition) is 5. The first-order valence-corrected chi connectivity index (χ1v) is 8.20. The molecule has 1 aromatic carbocycles. The van der Waals surface area contributed by atoms with E-state index >= 15 is 0 Å². The van der Waals surface area contributed by atoms with Gasteiger partial charge in [0.25, 0.3) is 0 Å². The first-order chi connectivity index (χ1) is 11.1. The van der Waals surface area contributed by atoms with Gasteiger partial charge in [0.1, 0.15) is 0 Å². The van der Waals surface area contributed by atoms with Crippen LogP contribution >= 0.6 is 11.3 Å². The fraction of sp³-hybridized carbons (Fsp3) is 0.294. The van der Waals surface area contributed by atoms with Crippen molar-refractivity contribution >= 4 is 23.0 Å². The Kier molecular flexibility index (Phi) is 4.62. The van der Waals surface area contributed by atoms with Gasteiger partial charge in [-0.05, 0) is 29.1 Å². The lowest BCUT2D eigenvalue weighted by molar-refractivity contribution is -0.130. The molecule has 1 aliphatic rings. The lowest BCUT2D eigenvalue weighted by Crippen LogP contribution is -2.26. The number of thiophene rings is 1. The molecule has 5 nitrogen and oxygen atoms in total. The van der Waals surface area contributed by atoms with E-state index in [0.717, 1.165) is 11.3 Å². The van der Waals surface area contributed by atoms with Crippen LogP contribution in [0.1, 0.15) is 28.1 Å². The Morgan fingerprint density at radius 3 is 2.78 bits per heavy atom. The second-order valence-electron chi connectivity index (χ2n) is 5.34. The van der Waals surface area contributed by atoms with Crippen molar-refractivity contribution in [1.82, 2.24) is 4.90 Å². The zero-order valence-electron chi connectivity index (χ0n) is 12.8. The van der Waals surface area contributed by atoms with Crippen LogP contribution in [-0.2, 0) is 11.3 Å². The van der Waals surface area contributed by atoms with Crippen LogP contribution in [0.3, 0.4) is 0 Å². The van der Waals surface area contributed by atoms with E-state index < -0.39 is 0 Å². The van der Waals surface area contributed by atoms with Crippen LogP contribution in [0.5, 0.6) is 11.5 Å². The van der Waals surface area contributed by atoms with Gasteiger partial charge in [0.05, 0.1) is 4.88 Å². The lowest BCUT2D eigenvalue weighted by Gasteiger charge is -2.17. The van der Waals surface area contributed by atoms with Crippen LogP contribution in [0.15, 0.2) is 35.7 Å². The number of fused-ring (bicyclic) bond motifs is 1. The summed E-state index contributed by atoms with van der Waals surface area (Å²) in [4.78, 5) is 26.4. The van der Waals surface area contributed by atoms with E-state index in [4.69, 9.17) is 9.47 Å². The molecular weight excluding hydrogens is 314 g/mol. The van der Waals surface area contributed by atoms with Crippen LogP contribution < -0.4 is 9.47 Å². The van der Waals surface area contributed by atoms with Gasteiger partial charge in [0, 0.05) is 26.4 Å². The van der Waals surface area contributed by atoms with E-state index in [-0.39, 0.29) is 31.3 Å². The second-order valence-corrected chi connectivity index (χ2v) is 6.29. The van der Waals surface area contributed by atoms with Gasteiger partial charge in [0.15, 0.2) is 17.3 Å². The number of amides is 1. The van der Waals surface area contributed by atoms with Gasteiger partial charge in [-0.2, -0.15) is 0 Å². The van der Waals surface area contributed by atoms with Gasteiger partial charge in [-0.15, -0.1) is 11.3 Å². The minimum atomic E-state index is -0.0485. The summed E-state index contributed by atoms with van der Waals surface area (Å²) in [6.45, 7) is 0.709. The molecule has 0 N–H and O–H groups in total. The van der Waals surface area contributed by atoms with E-state index in [9.17, 15) is 9.59 Å². The fourth-order valence-electron chi connectivity index (χ4n) is 2.37. The van der Waals surface area contributed by atoms with Gasteiger partial charge in [-0.25, -0.2) is 0 Å². The zero-order valence-corrected chi connectivity index (χ0v) is 13.6. The molecule has 6 heteroatoms. The number of ether oxygens (including phenoxy) is 2. The Labute approximate surface area is 138 Å². The average Bonchev–Trinajstić information content (AvgIpc) is 3.22. The maximum absolute atomic E-state index is 12.2. The van der Waals surface area contributed by atoms with E-state index in [1.54, 1.807) is 18.0 Å². The minimum absolute atomic E-state index is 0.0184. The van der Waals surface area contributed by atoms with Crippen LogP contribution in [0.25, 0.3) is 0 Å². The van der Waals surface area contributed by atoms with Crippen molar-refractivity contribution in [2.45, 2.75) is 19.4 Å². The Morgan fingerprint density at radius 1 is 1.17 bits per heavy atom. The molecule has 0 saturated heterocycles. The number of nitrogens with zero attached hydrogens (tertiary/aromatic N) is 1. The molecule has 0 radical (unpaired) electrons. The molecule has 0 fully saturated rings. The Bertz CT molecular complexity index is 711. The highest BCUT2D eigenvalue weighted by atomic mass is 32.1. The zero-order chi connectivity index (χ0) is 16.2. The molecular formula is C17H17NO4S. The summed E-state index contributed by atoms with van der Waals surface area (Å²) in [6.07, 6.45) is 0.461. The monoisotopic (exact) mass is 331 g/mol. The third-order valence-corrected chi connectivity index (χ3v) is 4.56. The van der Waals surface area contributed by atoms with Gasteiger partial charge < -0.3 is 14.4 Å². The molecule has 1 amide bonds. The highest BCUT2D eigenvalue weighted by molar-refractivity contribution is 7.12. The SMILES string of the molecule is CN(Cc1ccc2c(c1)OCO2)C(=O)CCC(=O)c1cccs1. The maximum atomic E-state index is 12.2. The highest BCUT2D eigenvalue weighted by Gasteiger charge is 2.16. The molecule has 23 heavy (non-hydrogen) atoms. The number of ketones is 1. The normalized spacial score (nSPS) is 12.2. The minimum Gasteiger partial charge on any atom is -0.454 e. The van der Waals surface area contributed by atoms with Crippen molar-refractivity contribution in [1.29, 1.82) is 0 Å². The molecule has 0 atom stereocenters. The molecule has 1 aliphatic heterocycles. The standard InChI is InChI=1S/C17H17NO4S/c1-18(10-12-4-6-14-15(9-12)22-11-21-14)17(20)7-5-13(19)16-3-2-8-23-16/h2-4,6,8-9H,5,7,10-11H2,1H3. The summed E-state index contributed by atoms with van der Waals surface area (Å²) in [5.41, 5.74) is 0.967. The number of rotatable bonds is 6. The number of carbonyl (C=O) groups excluding carboxylic acids is 2. The van der Waals surface area contributed by atoms with Crippen molar-refractivity contribution < 1.29 is 19.1 Å². The van der Waals surface area contributed by atoms with Crippen LogP contribution in [0.4, 0.5) is 0 Å². The lowest BCUT2D eigenvalue weighted by atomic mass is 10.1. The molecule has 0 saturated carbocycles. The van der Waals surface area contributed by atoms with E-state index in [1.165, 1.54) is 11.3 Å². The van der Waals surface area contributed by atoms with Gasteiger partial charge >= 0.3 is 0 Å². The molecule has 3 rings (SSSR count). The molecule has 0 aliphatic carbocycles. The highest BCUT2D eigenvalue weighted by Crippen LogP contribution is 2.32. The van der Waals surface area contributed by atoms with E-state index in [0.29, 0.717) is 17.2 Å². The topological polar surface area (TPSA) is 55.8 Å². The molecule has 2 aromatic rings. The Balaban J connectivity index is 1.52. The van der Waals surface area contributed by atoms with Crippen molar-refractivity contribution in [3.8, 4) is 11.5 Å². The summed E-state index contributed by atoms with van der Waals surface area (Å²) in [6, 6.07) is 9.26. The Hall–Kier alpha value is -2.34. The van der Waals surface area contributed by atoms with Crippen LogP contribution in [0, 0.1) is 0 Å². The number of benzene rings is 1. The van der Waals surface area contributed by atoms with Crippen LogP contribution in [0.2, 0.25) is 0 Å². The van der Waals surface area contributed by atoms with Crippen molar-refractivity contribution in [3.63, 3.8) is 0 Å². The summed E-state index contributed by atoms with van der Waals surface area (Å²) in [7, 11) is 1.74. The van der Waals surface area contributed by atoms with Crippen molar-refractivity contribution in [2.24, 2.45) is 0 Å². The fourth-order valence-corrected chi connectivity index (χ4v) is 3.07. The largest absolute Gasteiger partial charge is 0.454 e. The second kappa shape index (κ2) is 6.83. The number of hydrogen-bond donors (Lipinski definition) is 0. The van der Waals surface area contributed by atoms with Gasteiger partial charge in [0.2, 0.25) is 12.7 Å². The molecule has 2 heterocycles. The summed E-state index contributed by atoms with van der Waals surface area (Å²) in [5, 5.41) is 1.86. The maximum Gasteiger partial charge on any atom is 0.231 e. The Morgan fingerprint density at radius 2 is 2.00 bits per heavy atom. The molecule has 0 bridgehead atoms. The van der Waals surface area contributed by atoms with E-state index in [2.05, 4.69) is 0 Å². The van der Waals surface area contributed by atoms with Crippen molar-refractivity contribution in [2.75, 3.05) is 13.8 Å². The molecule has 0 unspecified atom stereocenters. The quantitative estimate of drug-likeness (QED) is 0.763. The smallest absolute Gasteiger partial charge is 0.231 e. The third-order valence-electron chi connectivity index (χ3n) is 3.64. The van der Waals surface area contributed by atoms with Gasteiger partial charge in [-0.1, -0.05) is 12.1 Å². The predicted molar refractivity (Wildman–Crippen MR) is 86.9 cm³/mol. The third kappa shape index (κ3) is 3.71. The van der Waals surface area contributed by atoms with Crippen molar-refractivity contribution in [3.05, 3.63) is 46.2 Å². The molecule has 120 valence electrons. The average molecular weight is 331 g/mol. The van der Waals surface area contributed by atoms with E-state index in [1.807, 2.05) is 29.6 Å².